The number of carboxylic acid groups (broad SMARTS) is 1. The van der Waals surface area contributed by atoms with Gasteiger partial charge in [-0.25, -0.2) is 0 Å². The molecule has 0 unspecified atom stereocenters. The van der Waals surface area contributed by atoms with E-state index in [1.165, 1.54) is 12.8 Å². The molecule has 102 valence electrons. The van der Waals surface area contributed by atoms with Crippen LogP contribution in [0.3, 0.4) is 0 Å². The third kappa shape index (κ3) is 2.85. The van der Waals surface area contributed by atoms with Crippen molar-refractivity contribution in [3.63, 3.8) is 0 Å². The molecule has 4 heteroatoms. The van der Waals surface area contributed by atoms with Gasteiger partial charge in [0.25, 0.3) is 0 Å². The molecule has 0 radical (unpaired) electrons. The summed E-state index contributed by atoms with van der Waals surface area (Å²) in [4.78, 5) is 25.3. The number of likely N-dealkylation sites (tertiary alicyclic amines) is 1. The molecule has 18 heavy (non-hydrogen) atoms. The van der Waals surface area contributed by atoms with Crippen LogP contribution in [0.15, 0.2) is 0 Å². The van der Waals surface area contributed by atoms with Crippen LogP contribution in [-0.2, 0) is 9.59 Å². The molecule has 1 N–H and O–H groups in total. The number of carbonyl (C=O) groups is 2. The van der Waals surface area contributed by atoms with E-state index < -0.39 is 5.97 Å². The molecule has 2 fully saturated rings. The minimum absolute atomic E-state index is 0.0808. The summed E-state index contributed by atoms with van der Waals surface area (Å²) in [6.45, 7) is 2.96. The maximum atomic E-state index is 12.4. The molecule has 1 aliphatic carbocycles. The molecule has 1 aliphatic heterocycles. The van der Waals surface area contributed by atoms with Gasteiger partial charge in [0.2, 0.25) is 5.91 Å². The van der Waals surface area contributed by atoms with E-state index in [1.54, 1.807) is 4.90 Å². The Morgan fingerprint density at radius 3 is 2.17 bits per heavy atom. The Balaban J connectivity index is 1.95. The Labute approximate surface area is 108 Å². The minimum atomic E-state index is -0.765. The van der Waals surface area contributed by atoms with Crippen molar-refractivity contribution in [3.8, 4) is 0 Å². The molecule has 1 saturated heterocycles. The molecule has 1 amide bonds. The lowest BCUT2D eigenvalue weighted by molar-refractivity contribution is -0.142. The van der Waals surface area contributed by atoms with Gasteiger partial charge < -0.3 is 10.0 Å². The Kier molecular flexibility index (Phi) is 4.25. The maximum Gasteiger partial charge on any atom is 0.308 e. The number of hydrogen-bond donors (Lipinski definition) is 1. The van der Waals surface area contributed by atoms with Gasteiger partial charge in [0.15, 0.2) is 0 Å². The van der Waals surface area contributed by atoms with Crippen molar-refractivity contribution in [2.24, 2.45) is 17.8 Å². The average molecular weight is 253 g/mol. The molecule has 0 bridgehead atoms. The van der Waals surface area contributed by atoms with Crippen molar-refractivity contribution < 1.29 is 14.7 Å². The van der Waals surface area contributed by atoms with Crippen LogP contribution in [0.5, 0.6) is 0 Å². The van der Waals surface area contributed by atoms with E-state index >= 15 is 0 Å². The van der Waals surface area contributed by atoms with Crippen molar-refractivity contribution >= 4 is 11.9 Å². The largest absolute Gasteiger partial charge is 0.481 e. The molecule has 2 atom stereocenters. The monoisotopic (exact) mass is 253 g/mol. The lowest BCUT2D eigenvalue weighted by Gasteiger charge is -2.22. The van der Waals surface area contributed by atoms with Crippen LogP contribution in [0.4, 0.5) is 0 Å². The molecule has 2 rings (SSSR count). The molecular weight excluding hydrogens is 230 g/mol. The first-order valence-corrected chi connectivity index (χ1v) is 7.11. The van der Waals surface area contributed by atoms with Gasteiger partial charge in [0.05, 0.1) is 5.92 Å². The smallest absolute Gasteiger partial charge is 0.308 e. The minimum Gasteiger partial charge on any atom is -0.481 e. The van der Waals surface area contributed by atoms with Crippen LogP contribution >= 0.6 is 0 Å². The molecular formula is C14H23NO3. The molecule has 1 saturated carbocycles. The van der Waals surface area contributed by atoms with Gasteiger partial charge in [-0.15, -0.1) is 0 Å². The lowest BCUT2D eigenvalue weighted by Crippen LogP contribution is -2.35. The van der Waals surface area contributed by atoms with Gasteiger partial charge in [-0.1, -0.05) is 32.6 Å². The second kappa shape index (κ2) is 5.72. The van der Waals surface area contributed by atoms with E-state index in [1.807, 2.05) is 6.92 Å². The van der Waals surface area contributed by atoms with Gasteiger partial charge in [0.1, 0.15) is 0 Å². The first kappa shape index (κ1) is 13.4. The second-order valence-corrected chi connectivity index (χ2v) is 5.85. The average Bonchev–Trinajstić information content (AvgIpc) is 2.56. The van der Waals surface area contributed by atoms with Crippen molar-refractivity contribution in [3.05, 3.63) is 0 Å². The lowest BCUT2D eigenvalue weighted by atomic mass is 9.99. The summed E-state index contributed by atoms with van der Waals surface area (Å²) in [7, 11) is 0. The molecule has 2 aliphatic rings. The van der Waals surface area contributed by atoms with Crippen molar-refractivity contribution in [2.75, 3.05) is 13.1 Å². The van der Waals surface area contributed by atoms with E-state index in [-0.39, 0.29) is 23.7 Å². The topological polar surface area (TPSA) is 57.6 Å². The molecule has 1 heterocycles. The molecule has 0 aromatic heterocycles. The quantitative estimate of drug-likeness (QED) is 0.767. The van der Waals surface area contributed by atoms with Crippen molar-refractivity contribution in [1.29, 1.82) is 0 Å². The number of aliphatic carboxylic acids is 1. The van der Waals surface area contributed by atoms with Crippen LogP contribution in [0, 0.1) is 17.8 Å². The van der Waals surface area contributed by atoms with E-state index in [0.717, 1.165) is 25.7 Å². The zero-order chi connectivity index (χ0) is 13.1. The first-order chi connectivity index (χ1) is 8.59. The van der Waals surface area contributed by atoms with Crippen LogP contribution in [0.25, 0.3) is 0 Å². The van der Waals surface area contributed by atoms with Crippen LogP contribution in [0.2, 0.25) is 0 Å². The summed E-state index contributed by atoms with van der Waals surface area (Å²) < 4.78 is 0. The normalized spacial score (nSPS) is 30.2. The van der Waals surface area contributed by atoms with Gasteiger partial charge in [0, 0.05) is 19.0 Å². The Hall–Kier alpha value is -1.06. The summed E-state index contributed by atoms with van der Waals surface area (Å²) in [6, 6.07) is 0. The maximum absolute atomic E-state index is 12.4. The molecule has 0 spiro atoms. The second-order valence-electron chi connectivity index (χ2n) is 5.85. The van der Waals surface area contributed by atoms with Crippen molar-refractivity contribution in [2.45, 2.75) is 45.4 Å². The SMILES string of the molecule is C[C@@H]1CN(C(=O)C2CCCCCC2)C[C@H]1C(=O)O. The summed E-state index contributed by atoms with van der Waals surface area (Å²) in [6.07, 6.45) is 6.73. The molecule has 4 nitrogen and oxygen atoms in total. The number of hydrogen-bond acceptors (Lipinski definition) is 2. The van der Waals surface area contributed by atoms with Crippen LogP contribution < -0.4 is 0 Å². The third-order valence-corrected chi connectivity index (χ3v) is 4.45. The Morgan fingerprint density at radius 2 is 1.67 bits per heavy atom. The van der Waals surface area contributed by atoms with Gasteiger partial charge in [-0.2, -0.15) is 0 Å². The van der Waals surface area contributed by atoms with Gasteiger partial charge in [-0.05, 0) is 18.8 Å². The summed E-state index contributed by atoms with van der Waals surface area (Å²) >= 11 is 0. The Bertz CT molecular complexity index is 321. The van der Waals surface area contributed by atoms with E-state index in [9.17, 15) is 9.59 Å². The standard InChI is InChI=1S/C14H23NO3/c1-10-8-15(9-12(10)14(17)18)13(16)11-6-4-2-3-5-7-11/h10-12H,2-9H2,1H3,(H,17,18)/t10-,12-/m1/s1. The summed E-state index contributed by atoms with van der Waals surface area (Å²) in [5.41, 5.74) is 0. The van der Waals surface area contributed by atoms with Crippen LogP contribution in [-0.4, -0.2) is 35.0 Å². The Morgan fingerprint density at radius 1 is 1.06 bits per heavy atom. The van der Waals surface area contributed by atoms with E-state index in [2.05, 4.69) is 0 Å². The number of amides is 1. The predicted molar refractivity (Wildman–Crippen MR) is 68.1 cm³/mol. The highest BCUT2D eigenvalue weighted by atomic mass is 16.4. The third-order valence-electron chi connectivity index (χ3n) is 4.45. The van der Waals surface area contributed by atoms with Gasteiger partial charge >= 0.3 is 5.97 Å². The summed E-state index contributed by atoms with van der Waals surface area (Å²) in [5.74, 6) is -0.713. The number of nitrogens with zero attached hydrogens (tertiary/aromatic N) is 1. The van der Waals surface area contributed by atoms with E-state index in [0.29, 0.717) is 13.1 Å². The zero-order valence-corrected chi connectivity index (χ0v) is 11.1. The highest BCUT2D eigenvalue weighted by molar-refractivity contribution is 5.81. The highest BCUT2D eigenvalue weighted by Crippen LogP contribution is 2.29. The van der Waals surface area contributed by atoms with Gasteiger partial charge in [-0.3, -0.25) is 9.59 Å². The molecule has 0 aromatic rings. The zero-order valence-electron chi connectivity index (χ0n) is 11.1. The number of carboxylic acids is 1. The highest BCUT2D eigenvalue weighted by Gasteiger charge is 2.38. The summed E-state index contributed by atoms with van der Waals surface area (Å²) in [5, 5.41) is 9.10. The fourth-order valence-corrected chi connectivity index (χ4v) is 3.25. The number of carbonyl (C=O) groups excluding carboxylic acids is 1. The van der Waals surface area contributed by atoms with E-state index in [4.69, 9.17) is 5.11 Å². The predicted octanol–water partition coefficient (Wildman–Crippen LogP) is 2.14. The number of rotatable bonds is 2. The van der Waals surface area contributed by atoms with Crippen molar-refractivity contribution in [1.82, 2.24) is 4.90 Å². The fraction of sp³-hybridized carbons (Fsp3) is 0.857. The molecule has 0 aromatic carbocycles. The first-order valence-electron chi connectivity index (χ1n) is 7.11. The fourth-order valence-electron chi connectivity index (χ4n) is 3.25. The van der Waals surface area contributed by atoms with Crippen LogP contribution in [0.1, 0.15) is 45.4 Å².